The maximum Gasteiger partial charge on any atom is 0.407 e. The molecule has 1 amide bonds. The highest BCUT2D eigenvalue weighted by atomic mass is 35.5. The Balaban J connectivity index is 1.99. The number of benzene rings is 1. The first-order chi connectivity index (χ1) is 13.4. The normalized spacial score (nSPS) is 19.7. The van der Waals surface area contributed by atoms with Crippen molar-refractivity contribution in [3.8, 4) is 6.07 Å². The fourth-order valence-electron chi connectivity index (χ4n) is 3.30. The SMILES string of the molecule is N#Cc1cccn(C[C@@H]2CN(C(=O)O)CCO[C@H]2c2ccc(Cl)c(Cl)c2)c1=O. The molecular weight excluding hydrogens is 405 g/mol. The van der Waals surface area contributed by atoms with E-state index < -0.39 is 17.8 Å². The number of nitriles is 1. The lowest BCUT2D eigenvalue weighted by Crippen LogP contribution is -2.37. The van der Waals surface area contributed by atoms with Crippen LogP contribution >= 0.6 is 23.2 Å². The van der Waals surface area contributed by atoms with Crippen LogP contribution in [-0.2, 0) is 11.3 Å². The van der Waals surface area contributed by atoms with Crippen LogP contribution in [0.2, 0.25) is 10.0 Å². The number of halogens is 2. The van der Waals surface area contributed by atoms with E-state index in [0.717, 1.165) is 5.56 Å². The van der Waals surface area contributed by atoms with Crippen molar-refractivity contribution in [3.63, 3.8) is 0 Å². The van der Waals surface area contributed by atoms with Crippen LogP contribution in [0.5, 0.6) is 0 Å². The minimum atomic E-state index is -1.05. The van der Waals surface area contributed by atoms with E-state index in [4.69, 9.17) is 33.2 Å². The maximum absolute atomic E-state index is 12.4. The van der Waals surface area contributed by atoms with Gasteiger partial charge in [0.25, 0.3) is 5.56 Å². The molecule has 1 aromatic carbocycles. The van der Waals surface area contributed by atoms with Gasteiger partial charge in [0.05, 0.1) is 22.8 Å². The number of nitrogens with zero attached hydrogens (tertiary/aromatic N) is 3. The molecule has 1 aromatic heterocycles. The van der Waals surface area contributed by atoms with Crippen LogP contribution < -0.4 is 5.56 Å². The minimum absolute atomic E-state index is 0.0261. The molecule has 146 valence electrons. The monoisotopic (exact) mass is 421 g/mol. The van der Waals surface area contributed by atoms with E-state index in [1.54, 1.807) is 30.5 Å². The minimum Gasteiger partial charge on any atom is -0.465 e. The van der Waals surface area contributed by atoms with Gasteiger partial charge in [-0.2, -0.15) is 5.26 Å². The van der Waals surface area contributed by atoms with E-state index in [1.807, 2.05) is 6.07 Å². The Hall–Kier alpha value is -2.53. The summed E-state index contributed by atoms with van der Waals surface area (Å²) in [5.74, 6) is -0.373. The number of hydrogen-bond donors (Lipinski definition) is 1. The summed E-state index contributed by atoms with van der Waals surface area (Å²) < 4.78 is 7.36. The molecule has 1 aliphatic heterocycles. The molecule has 1 N–H and O–H groups in total. The average molecular weight is 422 g/mol. The summed E-state index contributed by atoms with van der Waals surface area (Å²) in [5, 5.41) is 19.3. The zero-order chi connectivity index (χ0) is 20.3. The number of pyridine rings is 1. The highest BCUT2D eigenvalue weighted by Crippen LogP contribution is 2.34. The molecule has 2 heterocycles. The van der Waals surface area contributed by atoms with Gasteiger partial charge >= 0.3 is 6.09 Å². The van der Waals surface area contributed by atoms with Gasteiger partial charge < -0.3 is 19.3 Å². The largest absolute Gasteiger partial charge is 0.465 e. The first kappa shape index (κ1) is 20.2. The molecule has 28 heavy (non-hydrogen) atoms. The first-order valence-corrected chi connectivity index (χ1v) is 9.30. The van der Waals surface area contributed by atoms with Crippen molar-refractivity contribution >= 4 is 29.3 Å². The van der Waals surface area contributed by atoms with Gasteiger partial charge in [-0.15, -0.1) is 0 Å². The maximum atomic E-state index is 12.4. The smallest absolute Gasteiger partial charge is 0.407 e. The van der Waals surface area contributed by atoms with Crippen molar-refractivity contribution in [1.82, 2.24) is 9.47 Å². The number of hydrogen-bond acceptors (Lipinski definition) is 4. The second-order valence-electron chi connectivity index (χ2n) is 6.44. The van der Waals surface area contributed by atoms with Crippen LogP contribution in [0.4, 0.5) is 4.79 Å². The molecular formula is C19H17Cl2N3O4. The van der Waals surface area contributed by atoms with Crippen molar-refractivity contribution in [3.05, 3.63) is 68.1 Å². The molecule has 0 aliphatic carbocycles. The fourth-order valence-corrected chi connectivity index (χ4v) is 3.61. The molecule has 1 fully saturated rings. The van der Waals surface area contributed by atoms with E-state index in [2.05, 4.69) is 0 Å². The fraction of sp³-hybridized carbons (Fsp3) is 0.316. The lowest BCUT2D eigenvalue weighted by atomic mass is 9.94. The van der Waals surface area contributed by atoms with Gasteiger partial charge in [-0.25, -0.2) is 4.79 Å². The van der Waals surface area contributed by atoms with Gasteiger partial charge in [0, 0.05) is 31.7 Å². The van der Waals surface area contributed by atoms with Gasteiger partial charge in [-0.05, 0) is 29.8 Å². The number of ether oxygens (including phenoxy) is 1. The Morgan fingerprint density at radius 1 is 1.32 bits per heavy atom. The molecule has 1 aliphatic rings. The van der Waals surface area contributed by atoms with Gasteiger partial charge in [0.15, 0.2) is 0 Å². The highest BCUT2D eigenvalue weighted by Gasteiger charge is 2.32. The Labute approximate surface area is 171 Å². The van der Waals surface area contributed by atoms with Crippen LogP contribution in [0.25, 0.3) is 0 Å². The number of carbonyl (C=O) groups is 1. The van der Waals surface area contributed by atoms with E-state index in [0.29, 0.717) is 10.0 Å². The third kappa shape index (κ3) is 4.30. The molecule has 0 spiro atoms. The van der Waals surface area contributed by atoms with Crippen molar-refractivity contribution < 1.29 is 14.6 Å². The third-order valence-electron chi connectivity index (χ3n) is 4.66. The van der Waals surface area contributed by atoms with Gasteiger partial charge in [0.2, 0.25) is 0 Å². The number of aromatic nitrogens is 1. The summed E-state index contributed by atoms with van der Waals surface area (Å²) >= 11 is 12.1. The molecule has 7 nitrogen and oxygen atoms in total. The van der Waals surface area contributed by atoms with Crippen molar-refractivity contribution in [2.75, 3.05) is 19.7 Å². The summed E-state index contributed by atoms with van der Waals surface area (Å²) in [7, 11) is 0. The molecule has 1 saturated heterocycles. The zero-order valence-electron chi connectivity index (χ0n) is 14.7. The van der Waals surface area contributed by atoms with Crippen LogP contribution in [0.3, 0.4) is 0 Å². The second kappa shape index (κ2) is 8.65. The zero-order valence-corrected chi connectivity index (χ0v) is 16.2. The lowest BCUT2D eigenvalue weighted by Gasteiger charge is -2.27. The summed E-state index contributed by atoms with van der Waals surface area (Å²) in [4.78, 5) is 25.2. The summed E-state index contributed by atoms with van der Waals surface area (Å²) in [5.41, 5.74) is 0.346. The van der Waals surface area contributed by atoms with Gasteiger partial charge in [-0.3, -0.25) is 4.79 Å². The molecule has 0 saturated carbocycles. The predicted molar refractivity (Wildman–Crippen MR) is 104 cm³/mol. The summed E-state index contributed by atoms with van der Waals surface area (Å²) in [6, 6.07) is 10.0. The van der Waals surface area contributed by atoms with Crippen LogP contribution in [0, 0.1) is 17.2 Å². The predicted octanol–water partition coefficient (Wildman–Crippen LogP) is 3.39. The van der Waals surface area contributed by atoms with E-state index >= 15 is 0 Å². The number of carboxylic acid groups (broad SMARTS) is 1. The molecule has 2 atom stereocenters. The Kier molecular flexibility index (Phi) is 6.25. The molecule has 0 unspecified atom stereocenters. The average Bonchev–Trinajstić information content (AvgIpc) is 2.88. The Morgan fingerprint density at radius 2 is 2.11 bits per heavy atom. The molecule has 0 radical (unpaired) electrons. The number of amides is 1. The van der Waals surface area contributed by atoms with Crippen molar-refractivity contribution in [1.29, 1.82) is 5.26 Å². The van der Waals surface area contributed by atoms with Gasteiger partial charge in [-0.1, -0.05) is 29.3 Å². The van der Waals surface area contributed by atoms with Crippen LogP contribution in [-0.4, -0.2) is 40.4 Å². The summed E-state index contributed by atoms with van der Waals surface area (Å²) in [6.07, 6.45) is 0.0312. The van der Waals surface area contributed by atoms with E-state index in [-0.39, 0.29) is 37.7 Å². The van der Waals surface area contributed by atoms with Crippen molar-refractivity contribution in [2.45, 2.75) is 12.6 Å². The lowest BCUT2D eigenvalue weighted by molar-refractivity contribution is 0.0250. The standard InChI is InChI=1S/C19H17Cl2N3O4/c20-15-4-3-12(8-16(15)21)17-14(11-24(19(26)27)6-7-28-17)10-23-5-1-2-13(9-22)18(23)25/h1-5,8,14,17H,6-7,10-11H2,(H,26,27)/t14-,17+/m1/s1. The highest BCUT2D eigenvalue weighted by molar-refractivity contribution is 6.42. The molecule has 0 bridgehead atoms. The molecule has 9 heteroatoms. The van der Waals surface area contributed by atoms with Crippen LogP contribution in [0.15, 0.2) is 41.3 Å². The Bertz CT molecular complexity index is 986. The van der Waals surface area contributed by atoms with E-state index in [1.165, 1.54) is 15.5 Å². The molecule has 2 aromatic rings. The summed E-state index contributed by atoms with van der Waals surface area (Å²) in [6.45, 7) is 0.782. The Morgan fingerprint density at radius 3 is 2.79 bits per heavy atom. The number of rotatable bonds is 3. The quantitative estimate of drug-likeness (QED) is 0.818. The third-order valence-corrected chi connectivity index (χ3v) is 5.40. The first-order valence-electron chi connectivity index (χ1n) is 8.54. The van der Waals surface area contributed by atoms with Gasteiger partial charge in [0.1, 0.15) is 11.6 Å². The van der Waals surface area contributed by atoms with Crippen molar-refractivity contribution in [2.24, 2.45) is 5.92 Å². The van der Waals surface area contributed by atoms with Crippen LogP contribution in [0.1, 0.15) is 17.2 Å². The topological polar surface area (TPSA) is 95.6 Å². The van der Waals surface area contributed by atoms with E-state index in [9.17, 15) is 14.7 Å². The second-order valence-corrected chi connectivity index (χ2v) is 7.26. The molecule has 3 rings (SSSR count).